The van der Waals surface area contributed by atoms with Gasteiger partial charge in [-0.3, -0.25) is 9.59 Å². The van der Waals surface area contributed by atoms with Crippen LogP contribution < -0.4 is 5.73 Å². The number of carbonyl (C=O) groups excluding carboxylic acids is 1. The van der Waals surface area contributed by atoms with Crippen LogP contribution in [0, 0.1) is 0 Å². The zero-order chi connectivity index (χ0) is 33.5. The lowest BCUT2D eigenvalue weighted by molar-refractivity contribution is -0.139. The van der Waals surface area contributed by atoms with Crippen LogP contribution in [0.25, 0.3) is 0 Å². The smallest absolute Gasteiger partial charge is 0.310 e. The Labute approximate surface area is 285 Å². The number of primary amides is 1. The summed E-state index contributed by atoms with van der Waals surface area (Å²) in [7, 11) is 0. The fourth-order valence-electron chi connectivity index (χ4n) is 6.95. The predicted molar refractivity (Wildman–Crippen MR) is 199 cm³/mol. The fraction of sp³-hybridized carbons (Fsp3) is 0.810. The molecule has 1 aromatic rings. The minimum absolute atomic E-state index is 0.278. The lowest BCUT2D eigenvalue weighted by atomic mass is 9.88. The van der Waals surface area contributed by atoms with Gasteiger partial charge in [0.15, 0.2) is 0 Å². The molecule has 4 heteroatoms. The minimum atomic E-state index is -0.753. The van der Waals surface area contributed by atoms with E-state index in [1.807, 2.05) is 24.3 Å². The lowest BCUT2D eigenvalue weighted by Crippen LogP contribution is -2.21. The highest BCUT2D eigenvalue weighted by Gasteiger charge is 2.22. The molecule has 0 bridgehead atoms. The lowest BCUT2D eigenvalue weighted by Gasteiger charge is -2.17. The van der Waals surface area contributed by atoms with E-state index in [2.05, 4.69) is 13.8 Å². The highest BCUT2D eigenvalue weighted by Crippen LogP contribution is 2.28. The van der Waals surface area contributed by atoms with Crippen molar-refractivity contribution >= 4 is 11.9 Å². The van der Waals surface area contributed by atoms with Crippen LogP contribution in [-0.4, -0.2) is 17.0 Å². The first-order chi connectivity index (χ1) is 22.5. The van der Waals surface area contributed by atoms with E-state index in [0.717, 1.165) is 43.2 Å². The molecular weight excluding hydrogens is 566 g/mol. The molecule has 46 heavy (non-hydrogen) atoms. The van der Waals surface area contributed by atoms with Crippen molar-refractivity contribution in [3.8, 4) is 0 Å². The average molecular weight is 642 g/mol. The van der Waals surface area contributed by atoms with Crippen LogP contribution in [0.1, 0.15) is 229 Å². The highest BCUT2D eigenvalue weighted by atomic mass is 16.4. The van der Waals surface area contributed by atoms with Crippen molar-refractivity contribution in [2.75, 3.05) is 0 Å². The Hall–Kier alpha value is -1.84. The first-order valence-corrected chi connectivity index (χ1v) is 20.1. The maximum Gasteiger partial charge on any atom is 0.310 e. The number of unbranched alkanes of at least 4 members (excludes halogenated alkanes) is 26. The molecule has 0 aliphatic carbocycles. The third-order valence-electron chi connectivity index (χ3n) is 10.1. The molecule has 0 heterocycles. The molecule has 2 unspecified atom stereocenters. The summed E-state index contributed by atoms with van der Waals surface area (Å²) in [6, 6.07) is 7.71. The summed E-state index contributed by atoms with van der Waals surface area (Å²) >= 11 is 0. The Morgan fingerprint density at radius 3 is 0.957 bits per heavy atom. The first-order valence-electron chi connectivity index (χ1n) is 20.1. The zero-order valence-corrected chi connectivity index (χ0v) is 30.5. The number of carboxylic acid groups (broad SMARTS) is 1. The van der Waals surface area contributed by atoms with Crippen molar-refractivity contribution in [1.82, 2.24) is 0 Å². The van der Waals surface area contributed by atoms with E-state index in [9.17, 15) is 14.7 Å². The maximum atomic E-state index is 12.3. The third kappa shape index (κ3) is 22.6. The van der Waals surface area contributed by atoms with Gasteiger partial charge in [0.1, 0.15) is 0 Å². The molecule has 266 valence electrons. The van der Waals surface area contributed by atoms with Crippen LogP contribution in [0.3, 0.4) is 0 Å². The number of carbonyl (C=O) groups is 2. The summed E-state index contributed by atoms with van der Waals surface area (Å²) in [6.45, 7) is 4.54. The van der Waals surface area contributed by atoms with Crippen molar-refractivity contribution in [2.24, 2.45) is 5.73 Å². The molecule has 1 aromatic carbocycles. The van der Waals surface area contributed by atoms with Gasteiger partial charge >= 0.3 is 5.97 Å². The standard InChI is InChI=1S/C42H75NO3/c1-3-5-7-9-11-13-15-17-19-21-23-25-27-29-31-39(41(43)44)37-33-35-38(36-34-37)40(42(45)46)32-30-28-26-24-22-20-18-16-14-12-10-8-6-4-2/h33-36,39-40H,3-32H2,1-2H3,(H2,43,44)(H,45,46). The van der Waals surface area contributed by atoms with E-state index in [-0.39, 0.29) is 11.8 Å². The van der Waals surface area contributed by atoms with E-state index in [1.54, 1.807) is 0 Å². The van der Waals surface area contributed by atoms with Crippen LogP contribution in [0.5, 0.6) is 0 Å². The first kappa shape index (κ1) is 42.2. The topological polar surface area (TPSA) is 80.4 Å². The van der Waals surface area contributed by atoms with Crippen molar-refractivity contribution in [3.63, 3.8) is 0 Å². The van der Waals surface area contributed by atoms with Crippen LogP contribution in [0.4, 0.5) is 0 Å². The van der Waals surface area contributed by atoms with Gasteiger partial charge in [-0.25, -0.2) is 0 Å². The molecule has 1 amide bonds. The maximum absolute atomic E-state index is 12.3. The SMILES string of the molecule is CCCCCCCCCCCCCCCCC(C(N)=O)c1ccc(C(CCCCCCCCCCCCCCCC)C(=O)O)cc1. The summed E-state index contributed by atoms with van der Waals surface area (Å²) in [5, 5.41) is 9.92. The van der Waals surface area contributed by atoms with Gasteiger partial charge in [0, 0.05) is 0 Å². The monoisotopic (exact) mass is 642 g/mol. The van der Waals surface area contributed by atoms with Gasteiger partial charge in [0.05, 0.1) is 11.8 Å². The van der Waals surface area contributed by atoms with Crippen molar-refractivity contribution < 1.29 is 14.7 Å². The molecule has 0 fully saturated rings. The van der Waals surface area contributed by atoms with E-state index in [4.69, 9.17) is 5.73 Å². The molecule has 0 aromatic heterocycles. The highest BCUT2D eigenvalue weighted by molar-refractivity contribution is 5.82. The molecule has 0 spiro atoms. The molecule has 0 radical (unpaired) electrons. The second kappa shape index (κ2) is 30.5. The van der Waals surface area contributed by atoms with E-state index < -0.39 is 11.9 Å². The van der Waals surface area contributed by atoms with Crippen molar-refractivity contribution in [1.29, 1.82) is 0 Å². The Balaban J connectivity index is 2.22. The third-order valence-corrected chi connectivity index (χ3v) is 10.1. The minimum Gasteiger partial charge on any atom is -0.481 e. The molecule has 0 aliphatic heterocycles. The van der Waals surface area contributed by atoms with Gasteiger partial charge in [0.2, 0.25) is 5.91 Å². The summed E-state index contributed by atoms with van der Waals surface area (Å²) < 4.78 is 0. The quantitative estimate of drug-likeness (QED) is 0.0735. The molecule has 4 nitrogen and oxygen atoms in total. The number of rotatable bonds is 34. The number of hydrogen-bond acceptors (Lipinski definition) is 2. The largest absolute Gasteiger partial charge is 0.481 e. The number of benzene rings is 1. The molecule has 3 N–H and O–H groups in total. The number of nitrogens with two attached hydrogens (primary N) is 1. The molecule has 2 atom stereocenters. The van der Waals surface area contributed by atoms with Gasteiger partial charge < -0.3 is 10.8 Å². The fourth-order valence-corrected chi connectivity index (χ4v) is 6.95. The van der Waals surface area contributed by atoms with Crippen LogP contribution in [0.2, 0.25) is 0 Å². The van der Waals surface area contributed by atoms with Crippen molar-refractivity contribution in [2.45, 2.75) is 218 Å². The molecule has 0 saturated heterocycles. The molecule has 0 saturated carbocycles. The van der Waals surface area contributed by atoms with E-state index >= 15 is 0 Å². The normalized spacial score (nSPS) is 12.7. The predicted octanol–water partition coefficient (Wildman–Crippen LogP) is 13.2. The molecule has 1 rings (SSSR count). The van der Waals surface area contributed by atoms with Crippen LogP contribution in [0.15, 0.2) is 24.3 Å². The number of amides is 1. The number of aliphatic carboxylic acids is 1. The summed E-state index contributed by atoms with van der Waals surface area (Å²) in [4.78, 5) is 24.4. The number of hydrogen-bond donors (Lipinski definition) is 2. The Bertz CT molecular complexity index is 767. The zero-order valence-electron chi connectivity index (χ0n) is 30.5. The van der Waals surface area contributed by atoms with Crippen LogP contribution >= 0.6 is 0 Å². The number of carboxylic acids is 1. The second-order valence-corrected chi connectivity index (χ2v) is 14.3. The molecule has 0 aliphatic rings. The van der Waals surface area contributed by atoms with Gasteiger partial charge in [0.25, 0.3) is 0 Å². The summed E-state index contributed by atoms with van der Waals surface area (Å²) in [5.74, 6) is -1.81. The van der Waals surface area contributed by atoms with Crippen molar-refractivity contribution in [3.05, 3.63) is 35.4 Å². The summed E-state index contributed by atoms with van der Waals surface area (Å²) in [5.41, 5.74) is 7.56. The molecular formula is C42H75NO3. The van der Waals surface area contributed by atoms with Gasteiger partial charge in [-0.2, -0.15) is 0 Å². The van der Waals surface area contributed by atoms with Gasteiger partial charge in [-0.15, -0.1) is 0 Å². The Kier molecular flexibility index (Phi) is 28.0. The second-order valence-electron chi connectivity index (χ2n) is 14.3. The summed E-state index contributed by atoms with van der Waals surface area (Å²) in [6.07, 6.45) is 38.0. The average Bonchev–Trinajstić information content (AvgIpc) is 3.04. The van der Waals surface area contributed by atoms with Gasteiger partial charge in [-0.05, 0) is 24.0 Å². The van der Waals surface area contributed by atoms with Gasteiger partial charge in [-0.1, -0.05) is 218 Å². The van der Waals surface area contributed by atoms with Crippen LogP contribution in [-0.2, 0) is 9.59 Å². The van der Waals surface area contributed by atoms with E-state index in [1.165, 1.54) is 154 Å². The van der Waals surface area contributed by atoms with E-state index in [0.29, 0.717) is 6.42 Å². The Morgan fingerprint density at radius 2 is 0.696 bits per heavy atom. The Morgan fingerprint density at radius 1 is 0.457 bits per heavy atom.